The number of hydrogen-bond donors (Lipinski definition) is 0. The number of benzene rings is 3. The molecule has 0 saturated heterocycles. The molecule has 0 fully saturated rings. The lowest BCUT2D eigenvalue weighted by atomic mass is 9.87. The van der Waals surface area contributed by atoms with Crippen molar-refractivity contribution in [2.75, 3.05) is 21.3 Å². The maximum atomic E-state index is 13.3. The third kappa shape index (κ3) is 5.81. The Bertz CT molecular complexity index is 1260. The lowest BCUT2D eigenvalue weighted by Crippen LogP contribution is -2.13. The second-order valence-electron chi connectivity index (χ2n) is 9.03. The zero-order valence-electron chi connectivity index (χ0n) is 20.6. The van der Waals surface area contributed by atoms with Crippen molar-refractivity contribution in [3.05, 3.63) is 82.9 Å². The first-order valence-corrected chi connectivity index (χ1v) is 12.6. The molecule has 0 N–H and O–H groups in total. The van der Waals surface area contributed by atoms with Crippen LogP contribution in [0.15, 0.2) is 65.6 Å². The number of hydrogen-bond acceptors (Lipinski definition) is 5. The van der Waals surface area contributed by atoms with Crippen LogP contribution in [0.5, 0.6) is 17.2 Å². The lowest BCUT2D eigenvalue weighted by molar-refractivity contribution is 0.324. The highest BCUT2D eigenvalue weighted by molar-refractivity contribution is 7.90. The number of ether oxygens (including phenoxy) is 3. The molecule has 0 unspecified atom stereocenters. The van der Waals surface area contributed by atoms with Crippen molar-refractivity contribution >= 4 is 22.0 Å². The van der Waals surface area contributed by atoms with Gasteiger partial charge in [0.05, 0.1) is 32.0 Å². The Morgan fingerprint density at radius 2 is 1.44 bits per heavy atom. The van der Waals surface area contributed by atoms with Gasteiger partial charge in [-0.3, -0.25) is 0 Å². The van der Waals surface area contributed by atoms with Crippen molar-refractivity contribution in [2.24, 2.45) is 0 Å². The van der Waals surface area contributed by atoms with E-state index >= 15 is 0 Å². The smallest absolute Gasteiger partial charge is 0.203 e. The standard InChI is InChI=1S/C28H32O5S/c1-28(2,3)23-12-9-13-24(18-23)34(29,30)19-22-11-8-7-10-21(22)15-14-20-16-25(31-4)27(33-6)26(17-20)32-5/h7-18H,19H2,1-6H3/b15-14-. The Morgan fingerprint density at radius 1 is 0.794 bits per heavy atom. The normalized spacial score (nSPS) is 12.1. The molecule has 3 aromatic rings. The summed E-state index contributed by atoms with van der Waals surface area (Å²) in [4.78, 5) is 0.336. The minimum absolute atomic E-state index is 0.0869. The zero-order valence-corrected chi connectivity index (χ0v) is 21.4. The van der Waals surface area contributed by atoms with Crippen LogP contribution in [0.3, 0.4) is 0 Å². The molecule has 0 aromatic heterocycles. The largest absolute Gasteiger partial charge is 0.493 e. The quantitative estimate of drug-likeness (QED) is 0.362. The minimum atomic E-state index is -3.52. The second-order valence-corrected chi connectivity index (χ2v) is 11.0. The van der Waals surface area contributed by atoms with E-state index in [0.717, 1.165) is 22.3 Å². The van der Waals surface area contributed by atoms with E-state index < -0.39 is 9.84 Å². The number of rotatable bonds is 8. The molecule has 0 radical (unpaired) electrons. The summed E-state index contributed by atoms with van der Waals surface area (Å²) in [5.41, 5.74) is 3.25. The van der Waals surface area contributed by atoms with Crippen LogP contribution in [0, 0.1) is 0 Å². The van der Waals surface area contributed by atoms with E-state index in [4.69, 9.17) is 14.2 Å². The fraction of sp³-hybridized carbons (Fsp3) is 0.286. The predicted octanol–water partition coefficient (Wildman–Crippen LogP) is 6.15. The van der Waals surface area contributed by atoms with Gasteiger partial charge in [0.1, 0.15) is 0 Å². The molecule has 0 spiro atoms. The molecule has 0 atom stereocenters. The molecule has 6 heteroatoms. The molecule has 0 heterocycles. The number of methoxy groups -OCH3 is 3. The summed E-state index contributed by atoms with van der Waals surface area (Å²) >= 11 is 0. The highest BCUT2D eigenvalue weighted by atomic mass is 32.2. The van der Waals surface area contributed by atoms with Gasteiger partial charge in [0.2, 0.25) is 5.75 Å². The Balaban J connectivity index is 1.94. The summed E-state index contributed by atoms with van der Waals surface area (Å²) in [5, 5.41) is 0. The topological polar surface area (TPSA) is 61.8 Å². The minimum Gasteiger partial charge on any atom is -0.493 e. The van der Waals surface area contributed by atoms with E-state index in [2.05, 4.69) is 20.8 Å². The SMILES string of the molecule is COc1cc(/C=C\c2ccccc2CS(=O)(=O)c2cccc(C(C)(C)C)c2)cc(OC)c1OC. The van der Waals surface area contributed by atoms with Gasteiger partial charge in [-0.25, -0.2) is 8.42 Å². The van der Waals surface area contributed by atoms with Crippen LogP contribution in [0.25, 0.3) is 12.2 Å². The molecule has 0 bridgehead atoms. The van der Waals surface area contributed by atoms with Crippen LogP contribution in [0.2, 0.25) is 0 Å². The van der Waals surface area contributed by atoms with Crippen LogP contribution in [-0.2, 0) is 21.0 Å². The summed E-state index contributed by atoms with van der Waals surface area (Å²) in [6.07, 6.45) is 3.80. The molecule has 180 valence electrons. The van der Waals surface area contributed by atoms with Crippen LogP contribution in [0.4, 0.5) is 0 Å². The first kappa shape index (κ1) is 25.4. The maximum absolute atomic E-state index is 13.3. The third-order valence-electron chi connectivity index (χ3n) is 5.60. The van der Waals surface area contributed by atoms with Crippen LogP contribution < -0.4 is 14.2 Å². The van der Waals surface area contributed by atoms with Crippen LogP contribution in [0.1, 0.15) is 43.0 Å². The van der Waals surface area contributed by atoms with Gasteiger partial charge >= 0.3 is 0 Å². The second kappa shape index (κ2) is 10.3. The molecular weight excluding hydrogens is 448 g/mol. The number of sulfone groups is 1. The summed E-state index contributed by atoms with van der Waals surface area (Å²) in [7, 11) is 1.18. The average Bonchev–Trinajstić information content (AvgIpc) is 2.82. The van der Waals surface area contributed by atoms with Gasteiger partial charge in [-0.2, -0.15) is 0 Å². The molecule has 34 heavy (non-hydrogen) atoms. The first-order valence-electron chi connectivity index (χ1n) is 11.0. The van der Waals surface area contributed by atoms with Gasteiger partial charge in [0.15, 0.2) is 21.3 Å². The molecule has 3 rings (SSSR count). The van der Waals surface area contributed by atoms with Crippen molar-refractivity contribution in [3.63, 3.8) is 0 Å². The van der Waals surface area contributed by atoms with Gasteiger partial charge in [0.25, 0.3) is 0 Å². The fourth-order valence-electron chi connectivity index (χ4n) is 3.66. The van der Waals surface area contributed by atoms with E-state index in [9.17, 15) is 8.42 Å². The summed E-state index contributed by atoms with van der Waals surface area (Å²) in [6, 6.07) is 18.4. The summed E-state index contributed by atoms with van der Waals surface area (Å²) < 4.78 is 42.8. The van der Waals surface area contributed by atoms with Crippen molar-refractivity contribution in [1.82, 2.24) is 0 Å². The van der Waals surface area contributed by atoms with Crippen molar-refractivity contribution in [1.29, 1.82) is 0 Å². The van der Waals surface area contributed by atoms with E-state index in [1.807, 2.05) is 60.7 Å². The van der Waals surface area contributed by atoms with Crippen molar-refractivity contribution < 1.29 is 22.6 Å². The van der Waals surface area contributed by atoms with Gasteiger partial charge < -0.3 is 14.2 Å². The molecule has 0 amide bonds. The maximum Gasteiger partial charge on any atom is 0.203 e. The van der Waals surface area contributed by atoms with Crippen molar-refractivity contribution in [3.8, 4) is 17.2 Å². The van der Waals surface area contributed by atoms with Gasteiger partial charge in [-0.1, -0.05) is 69.3 Å². The first-order chi connectivity index (χ1) is 16.1. The van der Waals surface area contributed by atoms with Crippen LogP contribution >= 0.6 is 0 Å². The highest BCUT2D eigenvalue weighted by Gasteiger charge is 2.20. The van der Waals surface area contributed by atoms with Gasteiger partial charge in [-0.15, -0.1) is 0 Å². The highest BCUT2D eigenvalue weighted by Crippen LogP contribution is 2.38. The Morgan fingerprint density at radius 3 is 2.03 bits per heavy atom. The Hall–Kier alpha value is -3.25. The Labute approximate surface area is 202 Å². The monoisotopic (exact) mass is 480 g/mol. The molecule has 3 aromatic carbocycles. The molecule has 0 aliphatic rings. The molecule has 5 nitrogen and oxygen atoms in total. The molecule has 0 aliphatic carbocycles. The van der Waals surface area contributed by atoms with E-state index in [0.29, 0.717) is 22.1 Å². The molecule has 0 saturated carbocycles. The van der Waals surface area contributed by atoms with E-state index in [1.165, 1.54) is 0 Å². The zero-order chi connectivity index (χ0) is 24.9. The molecular formula is C28H32O5S. The van der Waals surface area contributed by atoms with Gasteiger partial charge in [0, 0.05) is 0 Å². The van der Waals surface area contributed by atoms with Crippen molar-refractivity contribution in [2.45, 2.75) is 36.8 Å². The average molecular weight is 481 g/mol. The molecule has 0 aliphatic heterocycles. The summed E-state index contributed by atoms with van der Waals surface area (Å²) in [5.74, 6) is 1.54. The van der Waals surface area contributed by atoms with E-state index in [1.54, 1.807) is 33.5 Å². The third-order valence-corrected chi connectivity index (χ3v) is 7.27. The van der Waals surface area contributed by atoms with E-state index in [-0.39, 0.29) is 11.2 Å². The lowest BCUT2D eigenvalue weighted by Gasteiger charge is -2.19. The summed E-state index contributed by atoms with van der Waals surface area (Å²) in [6.45, 7) is 6.21. The fourth-order valence-corrected chi connectivity index (χ4v) is 5.09. The predicted molar refractivity (Wildman–Crippen MR) is 137 cm³/mol. The Kier molecular flexibility index (Phi) is 7.72. The van der Waals surface area contributed by atoms with Gasteiger partial charge in [-0.05, 0) is 51.9 Å². The van der Waals surface area contributed by atoms with Crippen LogP contribution in [-0.4, -0.2) is 29.7 Å².